The van der Waals surface area contributed by atoms with Gasteiger partial charge in [0.2, 0.25) is 10.0 Å². The van der Waals surface area contributed by atoms with Crippen LogP contribution in [0.15, 0.2) is 16.6 Å². The number of sulfonamides is 1. The minimum absolute atomic E-state index is 0.139. The van der Waals surface area contributed by atoms with Gasteiger partial charge in [0.1, 0.15) is 5.82 Å². The van der Waals surface area contributed by atoms with Crippen LogP contribution in [0.5, 0.6) is 0 Å². The Hall–Kier alpha value is -0.330. The molecule has 78 valence electrons. The van der Waals surface area contributed by atoms with Gasteiger partial charge in [-0.3, -0.25) is 4.72 Å². The molecule has 0 radical (unpaired) electrons. The molecule has 0 aliphatic carbocycles. The lowest BCUT2D eigenvalue weighted by Crippen LogP contribution is -2.10. The van der Waals surface area contributed by atoms with Crippen molar-refractivity contribution in [2.75, 3.05) is 11.0 Å². The van der Waals surface area contributed by atoms with E-state index in [0.717, 1.165) is 12.3 Å². The lowest BCUT2D eigenvalue weighted by Gasteiger charge is -2.07. The summed E-state index contributed by atoms with van der Waals surface area (Å²) in [6, 6.07) is 2.29. The monoisotopic (exact) mass is 301 g/mol. The maximum Gasteiger partial charge on any atom is 0.229 e. The van der Waals surface area contributed by atoms with Crippen molar-refractivity contribution in [1.29, 1.82) is 0 Å². The molecular weight excluding hydrogens is 297 g/mol. The lowest BCUT2D eigenvalue weighted by atomic mass is 10.3. The summed E-state index contributed by atoms with van der Waals surface area (Å²) in [5, 5.41) is -0.139. The fourth-order valence-electron chi connectivity index (χ4n) is 0.801. The average molecular weight is 303 g/mol. The first-order valence-corrected chi connectivity index (χ1v) is 6.48. The molecule has 7 heteroatoms. The highest BCUT2D eigenvalue weighted by Gasteiger charge is 2.09. The van der Waals surface area contributed by atoms with Crippen LogP contribution in [-0.4, -0.2) is 14.7 Å². The van der Waals surface area contributed by atoms with E-state index in [1.54, 1.807) is 0 Å². The van der Waals surface area contributed by atoms with E-state index in [1.807, 2.05) is 0 Å². The molecular formula is C7H6BrClFNO2S. The number of halogens is 3. The first-order valence-electron chi connectivity index (χ1n) is 3.42. The van der Waals surface area contributed by atoms with Crippen molar-refractivity contribution in [2.24, 2.45) is 0 Å². The van der Waals surface area contributed by atoms with Gasteiger partial charge in [0.25, 0.3) is 0 Å². The summed E-state index contributed by atoms with van der Waals surface area (Å²) >= 11 is 8.49. The molecule has 1 aromatic rings. The molecule has 0 atom stereocenters. The van der Waals surface area contributed by atoms with Gasteiger partial charge in [-0.05, 0) is 28.1 Å². The van der Waals surface area contributed by atoms with Crippen molar-refractivity contribution in [1.82, 2.24) is 0 Å². The second kappa shape index (κ2) is 4.04. The Bertz CT molecular complexity index is 463. The highest BCUT2D eigenvalue weighted by Crippen LogP contribution is 2.29. The van der Waals surface area contributed by atoms with Crippen molar-refractivity contribution < 1.29 is 12.8 Å². The molecule has 0 heterocycles. The van der Waals surface area contributed by atoms with E-state index >= 15 is 0 Å². The Morgan fingerprint density at radius 2 is 2.07 bits per heavy atom. The van der Waals surface area contributed by atoms with Crippen LogP contribution in [0, 0.1) is 5.82 Å². The van der Waals surface area contributed by atoms with E-state index in [-0.39, 0.29) is 10.7 Å². The molecule has 0 aliphatic rings. The van der Waals surface area contributed by atoms with Gasteiger partial charge in [-0.15, -0.1) is 0 Å². The first-order chi connectivity index (χ1) is 6.29. The summed E-state index contributed by atoms with van der Waals surface area (Å²) in [4.78, 5) is 0. The minimum atomic E-state index is -3.39. The van der Waals surface area contributed by atoms with Crippen LogP contribution in [0.4, 0.5) is 10.1 Å². The molecule has 0 spiro atoms. The fourth-order valence-corrected chi connectivity index (χ4v) is 2.08. The van der Waals surface area contributed by atoms with Gasteiger partial charge in [0, 0.05) is 4.47 Å². The van der Waals surface area contributed by atoms with Gasteiger partial charge < -0.3 is 0 Å². The molecule has 0 unspecified atom stereocenters. The fraction of sp³-hybridized carbons (Fsp3) is 0.143. The Labute approximate surface area is 94.4 Å². The SMILES string of the molecule is CS(=O)(=O)Nc1cc(Cl)c(F)cc1Br. The number of anilines is 1. The minimum Gasteiger partial charge on any atom is -0.283 e. The molecule has 1 rings (SSSR count). The zero-order valence-electron chi connectivity index (χ0n) is 7.01. The van der Waals surface area contributed by atoms with E-state index in [2.05, 4.69) is 20.7 Å². The van der Waals surface area contributed by atoms with Crippen LogP contribution in [0.1, 0.15) is 0 Å². The van der Waals surface area contributed by atoms with E-state index < -0.39 is 15.8 Å². The number of nitrogens with one attached hydrogen (secondary N) is 1. The third kappa shape index (κ3) is 3.11. The summed E-state index contributed by atoms with van der Waals surface area (Å²) < 4.78 is 37.1. The zero-order chi connectivity index (χ0) is 10.9. The quantitative estimate of drug-likeness (QED) is 0.854. The van der Waals surface area contributed by atoms with Gasteiger partial charge in [-0.25, -0.2) is 12.8 Å². The standard InChI is InChI=1S/C7H6BrClFNO2S/c1-14(12,13)11-7-3-5(9)6(10)2-4(7)8/h2-3,11H,1H3. The Morgan fingerprint density at radius 1 is 1.50 bits per heavy atom. The van der Waals surface area contributed by atoms with Crippen LogP contribution in [0.25, 0.3) is 0 Å². The van der Waals surface area contributed by atoms with Crippen LogP contribution >= 0.6 is 27.5 Å². The lowest BCUT2D eigenvalue weighted by molar-refractivity contribution is 0.606. The number of hydrogen-bond acceptors (Lipinski definition) is 2. The van der Waals surface area contributed by atoms with Gasteiger partial charge in [0.15, 0.2) is 0 Å². The molecule has 0 saturated heterocycles. The zero-order valence-corrected chi connectivity index (χ0v) is 10.2. The van der Waals surface area contributed by atoms with Crippen LogP contribution in [-0.2, 0) is 10.0 Å². The number of hydrogen-bond donors (Lipinski definition) is 1. The van der Waals surface area contributed by atoms with Crippen LogP contribution in [0.3, 0.4) is 0 Å². The summed E-state index contributed by atoms with van der Waals surface area (Å²) in [5.74, 6) is -0.613. The highest BCUT2D eigenvalue weighted by molar-refractivity contribution is 9.10. The molecule has 0 aromatic heterocycles. The summed E-state index contributed by atoms with van der Waals surface area (Å²) in [5.41, 5.74) is 0.207. The van der Waals surface area contributed by atoms with Crippen LogP contribution < -0.4 is 4.72 Å². The second-order valence-electron chi connectivity index (χ2n) is 2.62. The topological polar surface area (TPSA) is 46.2 Å². The third-order valence-corrected chi connectivity index (χ3v) is 2.84. The molecule has 0 saturated carbocycles. The molecule has 0 fully saturated rings. The van der Waals surface area contributed by atoms with Crippen molar-refractivity contribution in [3.05, 3.63) is 27.4 Å². The van der Waals surface area contributed by atoms with E-state index in [9.17, 15) is 12.8 Å². The van der Waals surface area contributed by atoms with Gasteiger partial charge >= 0.3 is 0 Å². The molecule has 0 aliphatic heterocycles. The summed E-state index contributed by atoms with van der Waals surface area (Å²) in [6.45, 7) is 0. The van der Waals surface area contributed by atoms with Gasteiger partial charge in [0.05, 0.1) is 17.0 Å². The summed E-state index contributed by atoms with van der Waals surface area (Å²) in [7, 11) is -3.39. The number of rotatable bonds is 2. The Balaban J connectivity index is 3.17. The average Bonchev–Trinajstić information content (AvgIpc) is 1.97. The van der Waals surface area contributed by atoms with Gasteiger partial charge in [-0.1, -0.05) is 11.6 Å². The maximum absolute atomic E-state index is 12.9. The third-order valence-electron chi connectivity index (χ3n) is 1.31. The van der Waals surface area contributed by atoms with Crippen molar-refractivity contribution >= 4 is 43.2 Å². The van der Waals surface area contributed by atoms with Crippen molar-refractivity contribution in [2.45, 2.75) is 0 Å². The van der Waals surface area contributed by atoms with Crippen molar-refractivity contribution in [3.8, 4) is 0 Å². The Kier molecular flexibility index (Phi) is 3.39. The first kappa shape index (κ1) is 11.7. The molecule has 1 N–H and O–H groups in total. The predicted octanol–water partition coefficient (Wildman–Crippen LogP) is 2.61. The van der Waals surface area contributed by atoms with Gasteiger partial charge in [-0.2, -0.15) is 0 Å². The Morgan fingerprint density at radius 3 is 2.57 bits per heavy atom. The number of benzene rings is 1. The van der Waals surface area contributed by atoms with Crippen LogP contribution in [0.2, 0.25) is 5.02 Å². The second-order valence-corrected chi connectivity index (χ2v) is 5.63. The smallest absolute Gasteiger partial charge is 0.229 e. The maximum atomic E-state index is 12.9. The molecule has 3 nitrogen and oxygen atoms in total. The predicted molar refractivity (Wildman–Crippen MR) is 57.6 cm³/mol. The molecule has 14 heavy (non-hydrogen) atoms. The van der Waals surface area contributed by atoms with E-state index in [1.165, 1.54) is 6.07 Å². The molecule has 0 amide bonds. The normalized spacial score (nSPS) is 11.4. The molecule has 0 bridgehead atoms. The summed E-state index contributed by atoms with van der Waals surface area (Å²) in [6.07, 6.45) is 0.997. The van der Waals surface area contributed by atoms with E-state index in [4.69, 9.17) is 11.6 Å². The van der Waals surface area contributed by atoms with Crippen molar-refractivity contribution in [3.63, 3.8) is 0 Å². The largest absolute Gasteiger partial charge is 0.283 e. The van der Waals surface area contributed by atoms with E-state index in [0.29, 0.717) is 4.47 Å². The highest BCUT2D eigenvalue weighted by atomic mass is 79.9. The molecule has 1 aromatic carbocycles.